The number of hydrogen-bond acceptors (Lipinski definition) is 3. The van der Waals surface area contributed by atoms with E-state index in [1.54, 1.807) is 11.8 Å². The second-order valence-electron chi connectivity index (χ2n) is 7.08. The lowest BCUT2D eigenvalue weighted by atomic mass is 10.1. The van der Waals surface area contributed by atoms with E-state index in [1.807, 2.05) is 47.4 Å². The van der Waals surface area contributed by atoms with Gasteiger partial charge in [0.25, 0.3) is 0 Å². The van der Waals surface area contributed by atoms with Crippen LogP contribution in [-0.4, -0.2) is 17.6 Å². The summed E-state index contributed by atoms with van der Waals surface area (Å²) in [7, 11) is 0. The monoisotopic (exact) mass is 396 g/mol. The summed E-state index contributed by atoms with van der Waals surface area (Å²) in [5.41, 5.74) is 4.03. The highest BCUT2D eigenvalue weighted by Gasteiger charge is 2.35. The van der Waals surface area contributed by atoms with E-state index in [-0.39, 0.29) is 17.2 Å². The Morgan fingerprint density at radius 1 is 1.14 bits per heavy atom. The minimum absolute atomic E-state index is 0.0410. The van der Waals surface area contributed by atoms with Gasteiger partial charge in [0.15, 0.2) is 0 Å². The number of anilines is 2. The van der Waals surface area contributed by atoms with Gasteiger partial charge in [-0.15, -0.1) is 11.8 Å². The fourth-order valence-electron chi connectivity index (χ4n) is 3.49. The summed E-state index contributed by atoms with van der Waals surface area (Å²) in [5, 5.41) is 2.92. The smallest absolute Gasteiger partial charge is 0.238 e. The van der Waals surface area contributed by atoms with Crippen LogP contribution < -0.4 is 10.2 Å². The van der Waals surface area contributed by atoms with Crippen LogP contribution in [0.25, 0.3) is 0 Å². The molecule has 1 fully saturated rings. The molecule has 5 heteroatoms. The van der Waals surface area contributed by atoms with Crippen LogP contribution >= 0.6 is 11.8 Å². The molecule has 0 unspecified atom stereocenters. The Bertz CT molecular complexity index is 837. The van der Waals surface area contributed by atoms with Gasteiger partial charge in [0.2, 0.25) is 11.8 Å². The molecular formula is C23H28N2O2S. The van der Waals surface area contributed by atoms with E-state index in [2.05, 4.69) is 25.2 Å². The van der Waals surface area contributed by atoms with E-state index in [9.17, 15) is 9.59 Å². The molecule has 0 aromatic heterocycles. The van der Waals surface area contributed by atoms with Gasteiger partial charge in [-0.3, -0.25) is 14.5 Å². The van der Waals surface area contributed by atoms with Crippen molar-refractivity contribution in [2.45, 2.75) is 51.3 Å². The molecule has 0 bridgehead atoms. The van der Waals surface area contributed by atoms with Crippen LogP contribution in [0.15, 0.2) is 48.5 Å². The molecule has 0 radical (unpaired) electrons. The van der Waals surface area contributed by atoms with E-state index in [4.69, 9.17) is 0 Å². The largest absolute Gasteiger partial charge is 0.326 e. The molecule has 2 amide bonds. The van der Waals surface area contributed by atoms with Gasteiger partial charge in [0.05, 0.1) is 5.75 Å². The predicted octanol–water partition coefficient (Wildman–Crippen LogP) is 5.55. The molecule has 0 aliphatic carbocycles. The quantitative estimate of drug-likeness (QED) is 0.637. The van der Waals surface area contributed by atoms with E-state index >= 15 is 0 Å². The highest BCUT2D eigenvalue weighted by molar-refractivity contribution is 8.00. The van der Waals surface area contributed by atoms with Gasteiger partial charge in [-0.05, 0) is 42.2 Å². The Hall–Kier alpha value is -2.27. The molecule has 28 heavy (non-hydrogen) atoms. The first-order valence-corrected chi connectivity index (χ1v) is 11.1. The Morgan fingerprint density at radius 2 is 1.96 bits per heavy atom. The second kappa shape index (κ2) is 9.78. The average Bonchev–Trinajstić information content (AvgIpc) is 3.08. The van der Waals surface area contributed by atoms with Crippen LogP contribution in [0.5, 0.6) is 0 Å². The zero-order chi connectivity index (χ0) is 19.9. The van der Waals surface area contributed by atoms with Gasteiger partial charge in [0, 0.05) is 17.8 Å². The van der Waals surface area contributed by atoms with Crippen LogP contribution in [0.1, 0.15) is 56.0 Å². The number of thioether (sulfide) groups is 1. The number of para-hydroxylation sites is 1. The molecule has 4 nitrogen and oxygen atoms in total. The second-order valence-corrected chi connectivity index (χ2v) is 8.15. The molecule has 1 atom stereocenters. The Labute approximate surface area is 171 Å². The van der Waals surface area contributed by atoms with Crippen LogP contribution in [-0.2, 0) is 16.0 Å². The fourth-order valence-corrected chi connectivity index (χ4v) is 4.65. The summed E-state index contributed by atoms with van der Waals surface area (Å²) in [5.74, 6) is 0.647. The number of carbonyl (C=O) groups excluding carboxylic acids is 2. The summed E-state index contributed by atoms with van der Waals surface area (Å²) < 4.78 is 0. The first-order chi connectivity index (χ1) is 13.6. The third-order valence-electron chi connectivity index (χ3n) is 4.85. The van der Waals surface area contributed by atoms with Crippen molar-refractivity contribution in [1.29, 1.82) is 0 Å². The molecule has 2 aromatic rings. The van der Waals surface area contributed by atoms with Gasteiger partial charge >= 0.3 is 0 Å². The molecule has 2 aromatic carbocycles. The predicted molar refractivity (Wildman–Crippen MR) is 118 cm³/mol. The third-order valence-corrected chi connectivity index (χ3v) is 6.06. The highest BCUT2D eigenvalue weighted by Crippen LogP contribution is 2.43. The normalized spacial score (nSPS) is 16.4. The molecular weight excluding hydrogens is 368 g/mol. The van der Waals surface area contributed by atoms with Crippen molar-refractivity contribution in [2.75, 3.05) is 16.0 Å². The molecule has 1 N–H and O–H groups in total. The Kier molecular flexibility index (Phi) is 7.15. The van der Waals surface area contributed by atoms with Crippen molar-refractivity contribution in [1.82, 2.24) is 0 Å². The lowest BCUT2D eigenvalue weighted by Gasteiger charge is -2.27. The van der Waals surface area contributed by atoms with E-state index in [0.717, 1.165) is 42.6 Å². The maximum absolute atomic E-state index is 12.7. The average molecular weight is 397 g/mol. The van der Waals surface area contributed by atoms with Gasteiger partial charge in [-0.1, -0.05) is 57.0 Å². The van der Waals surface area contributed by atoms with Gasteiger partial charge in [-0.2, -0.15) is 0 Å². The van der Waals surface area contributed by atoms with Crippen molar-refractivity contribution in [3.63, 3.8) is 0 Å². The van der Waals surface area contributed by atoms with E-state index < -0.39 is 0 Å². The number of hydrogen-bond donors (Lipinski definition) is 1. The van der Waals surface area contributed by atoms with Crippen LogP contribution in [0.2, 0.25) is 0 Å². The number of amides is 2. The SMILES string of the molecule is CCCCC(=O)Nc1cccc([C@@H]2SCC(=O)N2c2ccccc2CCC)c1. The van der Waals surface area contributed by atoms with E-state index in [0.29, 0.717) is 12.2 Å². The molecule has 0 spiro atoms. The summed E-state index contributed by atoms with van der Waals surface area (Å²) >= 11 is 1.64. The zero-order valence-electron chi connectivity index (χ0n) is 16.6. The molecule has 1 aliphatic heterocycles. The number of nitrogens with zero attached hydrogens (tertiary/aromatic N) is 1. The van der Waals surface area contributed by atoms with Crippen LogP contribution in [0, 0.1) is 0 Å². The van der Waals surface area contributed by atoms with Crippen molar-refractivity contribution < 1.29 is 9.59 Å². The van der Waals surface area contributed by atoms with Gasteiger partial charge in [-0.25, -0.2) is 0 Å². The molecule has 1 aliphatic rings. The lowest BCUT2D eigenvalue weighted by molar-refractivity contribution is -0.117. The topological polar surface area (TPSA) is 49.4 Å². The number of unbranched alkanes of at least 4 members (excludes halogenated alkanes) is 1. The standard InChI is InChI=1S/C23H28N2O2S/c1-3-5-14-21(26)24-19-12-8-11-18(15-19)23-25(22(27)16-28-23)20-13-7-6-10-17(20)9-4-2/h6-8,10-13,15,23H,3-5,9,14,16H2,1-2H3,(H,24,26)/t23-/m0/s1. The Balaban J connectivity index is 1.85. The number of carbonyl (C=O) groups is 2. The Morgan fingerprint density at radius 3 is 2.75 bits per heavy atom. The molecule has 3 rings (SSSR count). The number of aryl methyl sites for hydroxylation is 1. The van der Waals surface area contributed by atoms with Crippen LogP contribution in [0.4, 0.5) is 11.4 Å². The zero-order valence-corrected chi connectivity index (χ0v) is 17.4. The number of benzene rings is 2. The fraction of sp³-hybridized carbons (Fsp3) is 0.391. The molecule has 0 saturated carbocycles. The first kappa shape index (κ1) is 20.5. The molecule has 1 saturated heterocycles. The van der Waals surface area contributed by atoms with Gasteiger partial charge in [0.1, 0.15) is 5.37 Å². The van der Waals surface area contributed by atoms with Gasteiger partial charge < -0.3 is 5.32 Å². The first-order valence-electron chi connectivity index (χ1n) is 10.1. The summed E-state index contributed by atoms with van der Waals surface area (Å²) in [4.78, 5) is 26.7. The molecule has 1 heterocycles. The highest BCUT2D eigenvalue weighted by atomic mass is 32.2. The minimum Gasteiger partial charge on any atom is -0.326 e. The summed E-state index contributed by atoms with van der Waals surface area (Å²) in [6.45, 7) is 4.23. The van der Waals surface area contributed by atoms with Crippen molar-refractivity contribution in [3.05, 3.63) is 59.7 Å². The number of rotatable bonds is 8. The van der Waals surface area contributed by atoms with Crippen molar-refractivity contribution >= 4 is 35.0 Å². The maximum Gasteiger partial charge on any atom is 0.238 e. The lowest BCUT2D eigenvalue weighted by Crippen LogP contribution is -2.28. The molecule has 148 valence electrons. The third kappa shape index (κ3) is 4.76. The summed E-state index contributed by atoms with van der Waals surface area (Å²) in [6, 6.07) is 16.1. The minimum atomic E-state index is -0.0713. The van der Waals surface area contributed by atoms with Crippen molar-refractivity contribution in [3.8, 4) is 0 Å². The van der Waals surface area contributed by atoms with Crippen molar-refractivity contribution in [2.24, 2.45) is 0 Å². The van der Waals surface area contributed by atoms with E-state index in [1.165, 1.54) is 5.56 Å². The maximum atomic E-state index is 12.7. The number of nitrogens with one attached hydrogen (secondary N) is 1. The summed E-state index contributed by atoms with van der Waals surface area (Å²) in [6.07, 6.45) is 4.41. The van der Waals surface area contributed by atoms with Crippen LogP contribution in [0.3, 0.4) is 0 Å².